The number of carbonyl (C=O) groups is 2. The molecule has 0 bridgehead atoms. The van der Waals surface area contributed by atoms with Gasteiger partial charge in [0, 0.05) is 5.92 Å². The SMILES string of the molecule is COc1ccc(OC(=O)[C@H]2CC[C@H](C=O)CC2)cc1. The van der Waals surface area contributed by atoms with Crippen molar-refractivity contribution in [3.05, 3.63) is 24.3 Å². The molecule has 0 amide bonds. The lowest BCUT2D eigenvalue weighted by Crippen LogP contribution is -2.26. The number of rotatable bonds is 4. The van der Waals surface area contributed by atoms with Gasteiger partial charge in [0.15, 0.2) is 0 Å². The second kappa shape index (κ2) is 6.36. The summed E-state index contributed by atoms with van der Waals surface area (Å²) < 4.78 is 10.4. The third-order valence-electron chi connectivity index (χ3n) is 3.58. The summed E-state index contributed by atoms with van der Waals surface area (Å²) in [4.78, 5) is 22.6. The largest absolute Gasteiger partial charge is 0.497 e. The third-order valence-corrected chi connectivity index (χ3v) is 3.58. The van der Waals surface area contributed by atoms with E-state index in [4.69, 9.17) is 9.47 Å². The molecule has 0 N–H and O–H groups in total. The Morgan fingerprint density at radius 3 is 2.21 bits per heavy atom. The lowest BCUT2D eigenvalue weighted by atomic mass is 9.83. The Kier molecular flexibility index (Phi) is 4.55. The van der Waals surface area contributed by atoms with Gasteiger partial charge >= 0.3 is 5.97 Å². The van der Waals surface area contributed by atoms with Crippen LogP contribution in [0.25, 0.3) is 0 Å². The highest BCUT2D eigenvalue weighted by Gasteiger charge is 2.27. The number of hydrogen-bond acceptors (Lipinski definition) is 4. The summed E-state index contributed by atoms with van der Waals surface area (Å²) >= 11 is 0. The molecule has 2 rings (SSSR count). The summed E-state index contributed by atoms with van der Waals surface area (Å²) in [6.45, 7) is 0. The lowest BCUT2D eigenvalue weighted by molar-refractivity contribution is -0.140. The predicted octanol–water partition coefficient (Wildman–Crippen LogP) is 2.61. The first-order valence-electron chi connectivity index (χ1n) is 6.54. The minimum absolute atomic E-state index is 0.0849. The molecule has 102 valence electrons. The van der Waals surface area contributed by atoms with Crippen LogP contribution in [0.15, 0.2) is 24.3 Å². The fraction of sp³-hybridized carbons (Fsp3) is 0.467. The van der Waals surface area contributed by atoms with Crippen molar-refractivity contribution in [2.45, 2.75) is 25.7 Å². The van der Waals surface area contributed by atoms with Gasteiger partial charge in [-0.2, -0.15) is 0 Å². The summed E-state index contributed by atoms with van der Waals surface area (Å²) in [5.74, 6) is 1.09. The molecule has 0 heterocycles. The van der Waals surface area contributed by atoms with E-state index in [-0.39, 0.29) is 17.8 Å². The molecule has 1 aromatic carbocycles. The molecule has 1 aliphatic rings. The molecule has 0 aliphatic heterocycles. The molecule has 0 aromatic heterocycles. The number of aldehydes is 1. The molecular formula is C15H18O4. The normalized spacial score (nSPS) is 22.6. The van der Waals surface area contributed by atoms with Gasteiger partial charge in [-0.3, -0.25) is 4.79 Å². The molecule has 0 radical (unpaired) electrons. The van der Waals surface area contributed by atoms with Crippen LogP contribution < -0.4 is 9.47 Å². The van der Waals surface area contributed by atoms with Gasteiger partial charge < -0.3 is 14.3 Å². The van der Waals surface area contributed by atoms with Crippen LogP contribution in [0, 0.1) is 11.8 Å². The quantitative estimate of drug-likeness (QED) is 0.475. The highest BCUT2D eigenvalue weighted by Crippen LogP contribution is 2.29. The van der Waals surface area contributed by atoms with Crippen molar-refractivity contribution in [1.82, 2.24) is 0 Å². The van der Waals surface area contributed by atoms with Crippen molar-refractivity contribution < 1.29 is 19.1 Å². The van der Waals surface area contributed by atoms with Crippen LogP contribution in [0.3, 0.4) is 0 Å². The topological polar surface area (TPSA) is 52.6 Å². The van der Waals surface area contributed by atoms with Crippen LogP contribution in [-0.4, -0.2) is 19.4 Å². The van der Waals surface area contributed by atoms with Gasteiger partial charge in [0.05, 0.1) is 13.0 Å². The lowest BCUT2D eigenvalue weighted by Gasteiger charge is -2.23. The number of esters is 1. The van der Waals surface area contributed by atoms with E-state index in [9.17, 15) is 9.59 Å². The molecule has 1 fully saturated rings. The summed E-state index contributed by atoms with van der Waals surface area (Å²) in [7, 11) is 1.59. The number of methoxy groups -OCH3 is 1. The smallest absolute Gasteiger partial charge is 0.314 e. The second-order valence-corrected chi connectivity index (χ2v) is 4.84. The maximum absolute atomic E-state index is 12.0. The monoisotopic (exact) mass is 262 g/mol. The average Bonchev–Trinajstić information content (AvgIpc) is 2.48. The van der Waals surface area contributed by atoms with Gasteiger partial charge in [-0.15, -0.1) is 0 Å². The highest BCUT2D eigenvalue weighted by atomic mass is 16.5. The molecule has 0 spiro atoms. The molecule has 1 saturated carbocycles. The highest BCUT2D eigenvalue weighted by molar-refractivity contribution is 5.75. The summed E-state index contributed by atoms with van der Waals surface area (Å²) in [5, 5.41) is 0. The summed E-state index contributed by atoms with van der Waals surface area (Å²) in [5.41, 5.74) is 0. The third kappa shape index (κ3) is 3.56. The van der Waals surface area contributed by atoms with E-state index in [1.807, 2.05) is 0 Å². The van der Waals surface area contributed by atoms with Gasteiger partial charge in [-0.25, -0.2) is 0 Å². The number of carbonyl (C=O) groups excluding carboxylic acids is 2. The maximum atomic E-state index is 12.0. The van der Waals surface area contributed by atoms with E-state index in [0.29, 0.717) is 5.75 Å². The molecular weight excluding hydrogens is 244 g/mol. The Hall–Kier alpha value is -1.84. The van der Waals surface area contributed by atoms with Crippen molar-refractivity contribution in [3.63, 3.8) is 0 Å². The Morgan fingerprint density at radius 2 is 1.68 bits per heavy atom. The average molecular weight is 262 g/mol. The Morgan fingerprint density at radius 1 is 1.11 bits per heavy atom. The van der Waals surface area contributed by atoms with E-state index < -0.39 is 0 Å². The number of ether oxygens (including phenoxy) is 2. The zero-order valence-electron chi connectivity index (χ0n) is 11.0. The predicted molar refractivity (Wildman–Crippen MR) is 70.1 cm³/mol. The van der Waals surface area contributed by atoms with Crippen LogP contribution in [0.5, 0.6) is 11.5 Å². The maximum Gasteiger partial charge on any atom is 0.314 e. The minimum Gasteiger partial charge on any atom is -0.497 e. The van der Waals surface area contributed by atoms with Crippen LogP contribution in [0.2, 0.25) is 0 Å². The standard InChI is InChI=1S/C15H18O4/c1-18-13-6-8-14(9-7-13)19-15(17)12-4-2-11(10-16)3-5-12/h6-12H,2-5H2,1H3/t11-,12-. The van der Waals surface area contributed by atoms with Gasteiger partial charge in [-0.1, -0.05) is 0 Å². The molecule has 0 saturated heterocycles. The van der Waals surface area contributed by atoms with E-state index >= 15 is 0 Å². The zero-order valence-corrected chi connectivity index (χ0v) is 11.0. The van der Waals surface area contributed by atoms with Crippen molar-refractivity contribution in [3.8, 4) is 11.5 Å². The van der Waals surface area contributed by atoms with Crippen LogP contribution in [-0.2, 0) is 9.59 Å². The molecule has 4 nitrogen and oxygen atoms in total. The van der Waals surface area contributed by atoms with Gasteiger partial charge in [0.25, 0.3) is 0 Å². The Labute approximate surface area is 112 Å². The summed E-state index contributed by atoms with van der Waals surface area (Å²) in [6.07, 6.45) is 4.03. The Bertz CT molecular complexity index is 430. The molecule has 0 unspecified atom stereocenters. The van der Waals surface area contributed by atoms with Gasteiger partial charge in [-0.05, 0) is 49.9 Å². The van der Waals surface area contributed by atoms with Crippen molar-refractivity contribution >= 4 is 12.3 Å². The molecule has 1 aliphatic carbocycles. The molecule has 4 heteroatoms. The second-order valence-electron chi connectivity index (χ2n) is 4.84. The van der Waals surface area contributed by atoms with Crippen molar-refractivity contribution in [2.24, 2.45) is 11.8 Å². The van der Waals surface area contributed by atoms with E-state index in [1.54, 1.807) is 31.4 Å². The van der Waals surface area contributed by atoms with E-state index in [0.717, 1.165) is 37.7 Å². The fourth-order valence-corrected chi connectivity index (χ4v) is 2.33. The van der Waals surface area contributed by atoms with Gasteiger partial charge in [0.1, 0.15) is 17.8 Å². The van der Waals surface area contributed by atoms with E-state index in [2.05, 4.69) is 0 Å². The van der Waals surface area contributed by atoms with E-state index in [1.165, 1.54) is 0 Å². The molecule has 1 aromatic rings. The van der Waals surface area contributed by atoms with Crippen molar-refractivity contribution in [1.29, 1.82) is 0 Å². The molecule has 0 atom stereocenters. The Balaban J connectivity index is 1.88. The first-order chi connectivity index (χ1) is 9.22. The molecule has 19 heavy (non-hydrogen) atoms. The number of benzene rings is 1. The fourth-order valence-electron chi connectivity index (χ4n) is 2.33. The first kappa shape index (κ1) is 13.6. The summed E-state index contributed by atoms with van der Waals surface area (Å²) in [6, 6.07) is 6.94. The number of hydrogen-bond donors (Lipinski definition) is 0. The first-order valence-corrected chi connectivity index (χ1v) is 6.54. The minimum atomic E-state index is -0.200. The van der Waals surface area contributed by atoms with Crippen LogP contribution in [0.1, 0.15) is 25.7 Å². The zero-order chi connectivity index (χ0) is 13.7. The van der Waals surface area contributed by atoms with Crippen LogP contribution in [0.4, 0.5) is 0 Å². The van der Waals surface area contributed by atoms with Gasteiger partial charge in [0.2, 0.25) is 0 Å². The van der Waals surface area contributed by atoms with Crippen molar-refractivity contribution in [2.75, 3.05) is 7.11 Å². The van der Waals surface area contributed by atoms with Crippen LogP contribution >= 0.6 is 0 Å².